The molecule has 4 rings (SSSR count). The average molecular weight is 538 g/mol. The first-order chi connectivity index (χ1) is 18.9. The minimum absolute atomic E-state index is 0.0539. The fourth-order valence-electron chi connectivity index (χ4n) is 5.43. The average Bonchev–Trinajstić information content (AvgIpc) is 2.95. The zero-order chi connectivity index (χ0) is 28.1. The first-order valence-corrected chi connectivity index (χ1v) is 12.8. The molecule has 0 fully saturated rings. The third-order valence-corrected chi connectivity index (χ3v) is 7.32. The lowest BCUT2D eigenvalue weighted by Gasteiger charge is -2.36. The van der Waals surface area contributed by atoms with E-state index in [9.17, 15) is 9.59 Å². The number of nitrogens with zero attached hydrogens (tertiary/aromatic N) is 1. The van der Waals surface area contributed by atoms with E-state index >= 15 is 0 Å². The maximum atomic E-state index is 13.9. The van der Waals surface area contributed by atoms with E-state index in [1.54, 1.807) is 41.6 Å². The van der Waals surface area contributed by atoms with Crippen LogP contribution in [0.3, 0.4) is 0 Å². The van der Waals surface area contributed by atoms with Crippen molar-refractivity contribution < 1.29 is 38.0 Å². The topological polar surface area (TPSA) is 102 Å². The molecule has 3 atom stereocenters. The van der Waals surface area contributed by atoms with Gasteiger partial charge in [-0.15, -0.1) is 0 Å². The van der Waals surface area contributed by atoms with Crippen LogP contribution in [0, 0.1) is 5.92 Å². The molecule has 0 aromatic heterocycles. The lowest BCUT2D eigenvalue weighted by Crippen LogP contribution is -2.38. The number of esters is 1. The molecule has 2 aromatic rings. The summed E-state index contributed by atoms with van der Waals surface area (Å²) in [5.41, 5.74) is 3.53. The van der Waals surface area contributed by atoms with Crippen LogP contribution in [0.1, 0.15) is 42.7 Å². The summed E-state index contributed by atoms with van der Waals surface area (Å²) in [6, 6.07) is 11.2. The molecule has 1 aliphatic carbocycles. The van der Waals surface area contributed by atoms with Crippen LogP contribution in [0.4, 0.5) is 0 Å². The van der Waals surface area contributed by atoms with Gasteiger partial charge >= 0.3 is 5.97 Å². The number of rotatable bonds is 10. The monoisotopic (exact) mass is 537 g/mol. The van der Waals surface area contributed by atoms with Crippen molar-refractivity contribution in [1.29, 1.82) is 0 Å². The second kappa shape index (κ2) is 12.3. The number of allylic oxidation sites excluding steroid dienone is 2. The lowest BCUT2D eigenvalue weighted by molar-refractivity contribution is -0.147. The van der Waals surface area contributed by atoms with Gasteiger partial charge in [-0.1, -0.05) is 12.1 Å². The van der Waals surface area contributed by atoms with Crippen LogP contribution >= 0.6 is 0 Å². The second-order valence-electron chi connectivity index (χ2n) is 9.49. The fraction of sp³-hybridized carbons (Fsp3) is 0.433. The Morgan fingerprint density at radius 3 is 2.00 bits per heavy atom. The minimum atomic E-state index is -0.764. The third kappa shape index (κ3) is 5.63. The molecule has 1 unspecified atom stereocenters. The first kappa shape index (κ1) is 28.2. The molecule has 2 aromatic carbocycles. The van der Waals surface area contributed by atoms with Gasteiger partial charge in [0.25, 0.3) is 0 Å². The molecule has 0 N–H and O–H groups in total. The smallest absolute Gasteiger partial charge is 0.315 e. The molecule has 9 heteroatoms. The predicted octanol–water partition coefficient (Wildman–Crippen LogP) is 4.49. The van der Waals surface area contributed by atoms with Gasteiger partial charge in [0.1, 0.15) is 12.5 Å². The van der Waals surface area contributed by atoms with Crippen LogP contribution in [0.2, 0.25) is 0 Å². The van der Waals surface area contributed by atoms with Crippen molar-refractivity contribution in [2.45, 2.75) is 31.6 Å². The Balaban J connectivity index is 1.78. The van der Waals surface area contributed by atoms with Gasteiger partial charge in [-0.2, -0.15) is 0 Å². The van der Waals surface area contributed by atoms with E-state index in [0.717, 1.165) is 11.1 Å². The van der Waals surface area contributed by atoms with Crippen LogP contribution < -0.4 is 18.9 Å². The van der Waals surface area contributed by atoms with Crippen molar-refractivity contribution in [3.8, 4) is 23.0 Å². The SMILES string of the molecule is COCCOC(=O)C1C(C)=NC2=C(C(=O)C[C@H](c3ccc(OC)c(OC)c3)C2)[C@H]1c1ccc(OC)c(OC)c1. The molecule has 0 saturated carbocycles. The molecule has 0 spiro atoms. The number of hydrogen-bond acceptors (Lipinski definition) is 9. The number of aliphatic imine (C=N–C) groups is 1. The van der Waals surface area contributed by atoms with Crippen molar-refractivity contribution in [2.24, 2.45) is 10.9 Å². The van der Waals surface area contributed by atoms with E-state index in [1.165, 1.54) is 0 Å². The second-order valence-corrected chi connectivity index (χ2v) is 9.49. The molecule has 1 aliphatic heterocycles. The largest absolute Gasteiger partial charge is 0.493 e. The molecule has 1 heterocycles. The van der Waals surface area contributed by atoms with Crippen molar-refractivity contribution >= 4 is 17.5 Å². The number of Topliss-reactive ketones (excluding diaryl/α,β-unsaturated/α-hetero) is 1. The summed E-state index contributed by atoms with van der Waals surface area (Å²) in [4.78, 5) is 32.1. The van der Waals surface area contributed by atoms with Gasteiger partial charge in [0.15, 0.2) is 28.8 Å². The van der Waals surface area contributed by atoms with E-state index < -0.39 is 17.8 Å². The van der Waals surface area contributed by atoms with E-state index in [4.69, 9.17) is 33.4 Å². The molecule has 39 heavy (non-hydrogen) atoms. The quantitative estimate of drug-likeness (QED) is 0.323. The van der Waals surface area contributed by atoms with Crippen LogP contribution in [0.5, 0.6) is 23.0 Å². The molecule has 9 nitrogen and oxygen atoms in total. The molecular formula is C30H35NO8. The molecule has 0 saturated heterocycles. The van der Waals surface area contributed by atoms with Gasteiger partial charge in [-0.3, -0.25) is 14.6 Å². The summed E-state index contributed by atoms with van der Waals surface area (Å²) in [6.07, 6.45) is 0.821. The number of ketones is 1. The van der Waals surface area contributed by atoms with E-state index in [2.05, 4.69) is 0 Å². The fourth-order valence-corrected chi connectivity index (χ4v) is 5.43. The van der Waals surface area contributed by atoms with Crippen molar-refractivity contribution in [2.75, 3.05) is 48.8 Å². The number of ether oxygens (including phenoxy) is 6. The summed E-state index contributed by atoms with van der Waals surface area (Å²) < 4.78 is 32.4. The Bertz CT molecular complexity index is 1300. The van der Waals surface area contributed by atoms with Crippen LogP contribution in [-0.4, -0.2) is 66.2 Å². The van der Waals surface area contributed by atoms with Crippen molar-refractivity contribution in [3.05, 3.63) is 58.8 Å². The summed E-state index contributed by atoms with van der Waals surface area (Å²) in [5.74, 6) is 0.354. The highest BCUT2D eigenvalue weighted by Gasteiger charge is 2.45. The van der Waals surface area contributed by atoms with Crippen LogP contribution in [0.15, 0.2) is 52.7 Å². The first-order valence-electron chi connectivity index (χ1n) is 12.8. The highest BCUT2D eigenvalue weighted by molar-refractivity contribution is 6.09. The number of carbonyl (C=O) groups excluding carboxylic acids is 2. The number of benzene rings is 2. The van der Waals surface area contributed by atoms with Crippen LogP contribution in [-0.2, 0) is 19.1 Å². The highest BCUT2D eigenvalue weighted by Crippen LogP contribution is 2.48. The Morgan fingerprint density at radius 2 is 1.41 bits per heavy atom. The van der Waals surface area contributed by atoms with Gasteiger partial charge in [0.05, 0.1) is 35.0 Å². The molecule has 2 aliphatic rings. The number of carbonyl (C=O) groups is 2. The summed E-state index contributed by atoms with van der Waals surface area (Å²) in [5, 5.41) is 0. The zero-order valence-electron chi connectivity index (χ0n) is 23.2. The van der Waals surface area contributed by atoms with E-state index in [1.807, 2.05) is 37.3 Å². The normalized spacial score (nSPS) is 20.6. The third-order valence-electron chi connectivity index (χ3n) is 7.32. The van der Waals surface area contributed by atoms with Gasteiger partial charge in [0.2, 0.25) is 0 Å². The Hall–Kier alpha value is -3.85. The summed E-state index contributed by atoms with van der Waals surface area (Å²) >= 11 is 0. The highest BCUT2D eigenvalue weighted by atomic mass is 16.6. The molecule has 0 bridgehead atoms. The summed E-state index contributed by atoms with van der Waals surface area (Å²) in [6.45, 7) is 2.19. The van der Waals surface area contributed by atoms with Gasteiger partial charge in [-0.05, 0) is 54.7 Å². The predicted molar refractivity (Wildman–Crippen MR) is 145 cm³/mol. The zero-order valence-corrected chi connectivity index (χ0v) is 23.2. The van der Waals surface area contributed by atoms with E-state index in [0.29, 0.717) is 46.4 Å². The van der Waals surface area contributed by atoms with Crippen LogP contribution in [0.25, 0.3) is 0 Å². The Labute approximate surface area is 228 Å². The Morgan fingerprint density at radius 1 is 0.821 bits per heavy atom. The van der Waals surface area contributed by atoms with E-state index in [-0.39, 0.29) is 31.3 Å². The lowest BCUT2D eigenvalue weighted by atomic mass is 9.69. The van der Waals surface area contributed by atoms with Gasteiger partial charge < -0.3 is 28.4 Å². The minimum Gasteiger partial charge on any atom is -0.493 e. The van der Waals surface area contributed by atoms with Gasteiger partial charge in [-0.25, -0.2) is 0 Å². The number of hydrogen-bond donors (Lipinski definition) is 0. The maximum Gasteiger partial charge on any atom is 0.315 e. The number of methoxy groups -OCH3 is 5. The molecular weight excluding hydrogens is 502 g/mol. The Kier molecular flexibility index (Phi) is 8.91. The van der Waals surface area contributed by atoms with Crippen molar-refractivity contribution in [3.63, 3.8) is 0 Å². The summed E-state index contributed by atoms with van der Waals surface area (Å²) in [7, 11) is 7.83. The molecule has 0 amide bonds. The maximum absolute atomic E-state index is 13.9. The van der Waals surface area contributed by atoms with Crippen molar-refractivity contribution in [1.82, 2.24) is 0 Å². The molecule has 0 radical (unpaired) electrons. The standard InChI is InChI=1S/C30H35NO8/c1-17-27(30(33)39-12-11-34-2)28(19-8-10-24(36-4)26(16-19)38-6)29-21(31-17)13-20(14-22(29)32)18-7-9-23(35-3)25(15-18)37-5/h7-10,15-16,20,27-28H,11-14H2,1-6H3/t20-,27?,28+/m1/s1. The van der Waals surface area contributed by atoms with Gasteiger partial charge in [0, 0.05) is 36.4 Å². The molecule has 208 valence electrons.